The molecule has 0 aliphatic heterocycles. The van der Waals surface area contributed by atoms with Crippen LogP contribution >= 0.6 is 0 Å². The molecule has 0 fully saturated rings. The molecule has 1 nitrogen and oxygen atoms in total. The summed E-state index contributed by atoms with van der Waals surface area (Å²) < 4.78 is 0. The summed E-state index contributed by atoms with van der Waals surface area (Å²) in [7, 11) is 0. The largest absolute Gasteiger partial charge is 0.396 e. The first kappa shape index (κ1) is 13.0. The highest BCUT2D eigenvalue weighted by Crippen LogP contribution is 2.22. The Morgan fingerprint density at radius 3 is 1.69 bits per heavy atom. The highest BCUT2D eigenvalue weighted by molar-refractivity contribution is 4.60. The summed E-state index contributed by atoms with van der Waals surface area (Å²) >= 11 is 0. The lowest BCUT2D eigenvalue weighted by Crippen LogP contribution is -2.03. The zero-order valence-corrected chi connectivity index (χ0v) is 9.60. The van der Waals surface area contributed by atoms with Gasteiger partial charge in [-0.15, -0.1) is 0 Å². The molecule has 0 radical (unpaired) electrons. The van der Waals surface area contributed by atoms with Crippen molar-refractivity contribution in [3.8, 4) is 0 Å². The molecule has 0 heterocycles. The van der Waals surface area contributed by atoms with Gasteiger partial charge in [0.25, 0.3) is 0 Å². The molecule has 0 aromatic rings. The fourth-order valence-electron chi connectivity index (χ4n) is 1.47. The smallest absolute Gasteiger partial charge is 0.0431 e. The van der Waals surface area contributed by atoms with Crippen molar-refractivity contribution >= 4 is 0 Å². The SMILES string of the molecule is CC(C)(C)CCCCCCCCO. The minimum Gasteiger partial charge on any atom is -0.396 e. The number of rotatable bonds is 7. The molecule has 0 spiro atoms. The van der Waals surface area contributed by atoms with Crippen LogP contribution in [-0.2, 0) is 0 Å². The highest BCUT2D eigenvalue weighted by Gasteiger charge is 2.08. The molecular weight excluding hydrogens is 160 g/mol. The molecule has 0 saturated carbocycles. The van der Waals surface area contributed by atoms with Crippen molar-refractivity contribution in [1.29, 1.82) is 0 Å². The minimum absolute atomic E-state index is 0.363. The van der Waals surface area contributed by atoms with Crippen LogP contribution in [0.25, 0.3) is 0 Å². The number of hydrogen-bond acceptors (Lipinski definition) is 1. The number of aliphatic hydroxyl groups excluding tert-OH is 1. The van der Waals surface area contributed by atoms with Crippen LogP contribution in [0.3, 0.4) is 0 Å². The van der Waals surface area contributed by atoms with Gasteiger partial charge in [0.1, 0.15) is 0 Å². The molecule has 0 aliphatic rings. The van der Waals surface area contributed by atoms with Crippen molar-refractivity contribution in [1.82, 2.24) is 0 Å². The van der Waals surface area contributed by atoms with Gasteiger partial charge in [-0.05, 0) is 18.3 Å². The maximum absolute atomic E-state index is 8.58. The monoisotopic (exact) mass is 186 g/mol. The van der Waals surface area contributed by atoms with Gasteiger partial charge in [-0.3, -0.25) is 0 Å². The third-order valence-corrected chi connectivity index (χ3v) is 2.33. The third kappa shape index (κ3) is 12.0. The summed E-state index contributed by atoms with van der Waals surface area (Å²) in [5.74, 6) is 0. The number of unbranched alkanes of at least 4 members (excludes halogenated alkanes) is 5. The fourth-order valence-corrected chi connectivity index (χ4v) is 1.47. The highest BCUT2D eigenvalue weighted by atomic mass is 16.2. The van der Waals surface area contributed by atoms with Gasteiger partial charge in [0.15, 0.2) is 0 Å². The van der Waals surface area contributed by atoms with Crippen molar-refractivity contribution in [2.45, 2.75) is 65.7 Å². The summed E-state index contributed by atoms with van der Waals surface area (Å²) in [5.41, 5.74) is 0.505. The van der Waals surface area contributed by atoms with Crippen molar-refractivity contribution in [2.75, 3.05) is 6.61 Å². The molecule has 0 saturated heterocycles. The molecule has 0 aromatic heterocycles. The van der Waals surface area contributed by atoms with E-state index < -0.39 is 0 Å². The van der Waals surface area contributed by atoms with Crippen molar-refractivity contribution < 1.29 is 5.11 Å². The summed E-state index contributed by atoms with van der Waals surface area (Å²) in [6, 6.07) is 0. The van der Waals surface area contributed by atoms with Crippen LogP contribution in [0.15, 0.2) is 0 Å². The van der Waals surface area contributed by atoms with Crippen LogP contribution in [0.5, 0.6) is 0 Å². The van der Waals surface area contributed by atoms with Crippen molar-refractivity contribution in [3.63, 3.8) is 0 Å². The van der Waals surface area contributed by atoms with Crippen LogP contribution < -0.4 is 0 Å². The first-order valence-electron chi connectivity index (χ1n) is 5.67. The number of aliphatic hydroxyl groups is 1. The van der Waals surface area contributed by atoms with E-state index in [1.165, 1.54) is 38.5 Å². The Morgan fingerprint density at radius 2 is 1.23 bits per heavy atom. The zero-order valence-electron chi connectivity index (χ0n) is 9.60. The van der Waals surface area contributed by atoms with E-state index in [2.05, 4.69) is 20.8 Å². The second-order valence-corrected chi connectivity index (χ2v) is 5.16. The van der Waals surface area contributed by atoms with Crippen molar-refractivity contribution in [3.05, 3.63) is 0 Å². The standard InChI is InChI=1S/C12H26O/c1-12(2,3)10-8-6-4-5-7-9-11-13/h13H,4-11H2,1-3H3. The van der Waals surface area contributed by atoms with Gasteiger partial charge in [-0.25, -0.2) is 0 Å². The van der Waals surface area contributed by atoms with Gasteiger partial charge in [0, 0.05) is 6.61 Å². The maximum Gasteiger partial charge on any atom is 0.0431 e. The second kappa shape index (κ2) is 7.37. The van der Waals surface area contributed by atoms with Crippen LogP contribution in [0, 0.1) is 5.41 Å². The van der Waals surface area contributed by atoms with Gasteiger partial charge in [0.2, 0.25) is 0 Å². The Kier molecular flexibility index (Phi) is 7.35. The average Bonchev–Trinajstić information content (AvgIpc) is 2.01. The van der Waals surface area contributed by atoms with E-state index in [9.17, 15) is 0 Å². The lowest BCUT2D eigenvalue weighted by atomic mass is 9.89. The van der Waals surface area contributed by atoms with Gasteiger partial charge in [0.05, 0.1) is 0 Å². The quantitative estimate of drug-likeness (QED) is 0.600. The molecule has 0 unspecified atom stereocenters. The Hall–Kier alpha value is -0.0400. The lowest BCUT2D eigenvalue weighted by Gasteiger charge is -2.17. The van der Waals surface area contributed by atoms with E-state index in [-0.39, 0.29) is 0 Å². The van der Waals surface area contributed by atoms with E-state index >= 15 is 0 Å². The minimum atomic E-state index is 0.363. The molecule has 13 heavy (non-hydrogen) atoms. The second-order valence-electron chi connectivity index (χ2n) is 5.16. The predicted molar refractivity (Wildman–Crippen MR) is 58.9 cm³/mol. The molecule has 0 rings (SSSR count). The Balaban J connectivity index is 3.00. The summed E-state index contributed by atoms with van der Waals surface area (Å²) in [6.07, 6.45) is 8.89. The van der Waals surface area contributed by atoms with Crippen LogP contribution in [0.1, 0.15) is 65.7 Å². The van der Waals surface area contributed by atoms with E-state index in [0.717, 1.165) is 6.42 Å². The van der Waals surface area contributed by atoms with Gasteiger partial charge in [-0.2, -0.15) is 0 Å². The zero-order chi connectivity index (χ0) is 10.2. The predicted octanol–water partition coefficient (Wildman–Crippen LogP) is 3.76. The summed E-state index contributed by atoms with van der Waals surface area (Å²) in [4.78, 5) is 0. The van der Waals surface area contributed by atoms with E-state index in [0.29, 0.717) is 12.0 Å². The first-order chi connectivity index (χ1) is 6.06. The topological polar surface area (TPSA) is 20.2 Å². The van der Waals surface area contributed by atoms with Gasteiger partial charge >= 0.3 is 0 Å². The lowest BCUT2D eigenvalue weighted by molar-refractivity contribution is 0.282. The van der Waals surface area contributed by atoms with Crippen LogP contribution in [0.4, 0.5) is 0 Å². The first-order valence-corrected chi connectivity index (χ1v) is 5.67. The molecule has 80 valence electrons. The van der Waals surface area contributed by atoms with E-state index in [1.54, 1.807) is 0 Å². The molecule has 0 bridgehead atoms. The molecule has 0 atom stereocenters. The molecule has 1 N–H and O–H groups in total. The summed E-state index contributed by atoms with van der Waals surface area (Å²) in [6.45, 7) is 7.28. The average molecular weight is 186 g/mol. The fraction of sp³-hybridized carbons (Fsp3) is 1.00. The normalized spacial score (nSPS) is 12.0. The number of hydrogen-bond donors (Lipinski definition) is 1. The van der Waals surface area contributed by atoms with Crippen molar-refractivity contribution in [2.24, 2.45) is 5.41 Å². The molecule has 0 amide bonds. The summed E-state index contributed by atoms with van der Waals surface area (Å²) in [5, 5.41) is 8.58. The molecule has 0 aromatic carbocycles. The molecular formula is C12H26O. The molecule has 0 aliphatic carbocycles. The van der Waals surface area contributed by atoms with Gasteiger partial charge in [-0.1, -0.05) is 52.9 Å². The van der Waals surface area contributed by atoms with E-state index in [4.69, 9.17) is 5.11 Å². The Labute approximate surface area is 83.5 Å². The third-order valence-electron chi connectivity index (χ3n) is 2.33. The van der Waals surface area contributed by atoms with Crippen LogP contribution in [0.2, 0.25) is 0 Å². The van der Waals surface area contributed by atoms with E-state index in [1.807, 2.05) is 0 Å². The van der Waals surface area contributed by atoms with Crippen LogP contribution in [-0.4, -0.2) is 11.7 Å². The maximum atomic E-state index is 8.58. The Morgan fingerprint density at radius 1 is 0.769 bits per heavy atom. The molecule has 1 heteroatoms. The van der Waals surface area contributed by atoms with Gasteiger partial charge < -0.3 is 5.11 Å². The Bertz CT molecular complexity index is 102.